The molecule has 0 bridgehead atoms. The molecule has 1 aromatic carbocycles. The second-order valence-corrected chi connectivity index (χ2v) is 8.09. The Labute approximate surface area is 198 Å². The molecule has 1 aromatic rings. The molecule has 190 valence electrons. The first-order chi connectivity index (χ1) is 15.8. The van der Waals surface area contributed by atoms with Gasteiger partial charge in [0.15, 0.2) is 11.5 Å². The van der Waals surface area contributed by atoms with E-state index < -0.39 is 54.7 Å². The van der Waals surface area contributed by atoms with Gasteiger partial charge in [-0.1, -0.05) is 6.07 Å². The topological polar surface area (TPSA) is 150 Å². The highest BCUT2D eigenvalue weighted by molar-refractivity contribution is 5.76. The Balaban J connectivity index is 2.97. The SMILES string of the molecule is CC(=O)O[C@H](C)[C@@H](C)OC(=O)[C@@H](N)Cc1ccc(OC(=O)OC(C)C)c(OC(=O)OC(C)C)c1. The average molecular weight is 484 g/mol. The van der Waals surface area contributed by atoms with E-state index in [-0.39, 0.29) is 17.9 Å². The molecule has 0 amide bonds. The van der Waals surface area contributed by atoms with Gasteiger partial charge >= 0.3 is 24.2 Å². The van der Waals surface area contributed by atoms with Gasteiger partial charge in [0.2, 0.25) is 0 Å². The lowest BCUT2D eigenvalue weighted by Crippen LogP contribution is -2.39. The molecule has 34 heavy (non-hydrogen) atoms. The van der Waals surface area contributed by atoms with Gasteiger partial charge in [-0.15, -0.1) is 0 Å². The molecule has 0 aromatic heterocycles. The number of rotatable bonds is 10. The van der Waals surface area contributed by atoms with Crippen molar-refractivity contribution in [2.45, 2.75) is 85.3 Å². The third-order valence-electron chi connectivity index (χ3n) is 4.13. The second kappa shape index (κ2) is 13.4. The maximum Gasteiger partial charge on any atom is 0.514 e. The summed E-state index contributed by atoms with van der Waals surface area (Å²) in [6.07, 6.45) is -4.20. The van der Waals surface area contributed by atoms with Crippen LogP contribution in [0.2, 0.25) is 0 Å². The summed E-state index contributed by atoms with van der Waals surface area (Å²) in [5, 5.41) is 0. The number of benzene rings is 1. The molecule has 3 atom stereocenters. The minimum atomic E-state index is -1.07. The molecule has 11 nitrogen and oxygen atoms in total. The van der Waals surface area contributed by atoms with Gasteiger partial charge in [0.1, 0.15) is 18.2 Å². The van der Waals surface area contributed by atoms with Crippen LogP contribution < -0.4 is 15.2 Å². The maximum atomic E-state index is 12.4. The first-order valence-electron chi connectivity index (χ1n) is 10.8. The standard InChI is InChI=1S/C23H33NO10/c1-12(2)29-22(27)33-19-9-8-17(11-20(19)34-23(28)30-13(3)4)10-18(24)21(26)32-15(6)14(5)31-16(7)25/h8-9,11-15,18H,10,24H2,1-7H3/t14-,15-,18+/m1/s1. The monoisotopic (exact) mass is 483 g/mol. The minimum Gasteiger partial charge on any atom is -0.459 e. The Hall–Kier alpha value is -3.34. The van der Waals surface area contributed by atoms with Crippen LogP contribution >= 0.6 is 0 Å². The van der Waals surface area contributed by atoms with Crippen molar-refractivity contribution < 1.29 is 47.6 Å². The number of carbonyl (C=O) groups excluding carboxylic acids is 4. The van der Waals surface area contributed by atoms with Crippen molar-refractivity contribution in [1.82, 2.24) is 0 Å². The van der Waals surface area contributed by atoms with Crippen LogP contribution in [0, 0.1) is 0 Å². The first kappa shape index (κ1) is 28.7. The molecule has 0 aliphatic carbocycles. The molecule has 0 saturated carbocycles. The highest BCUT2D eigenvalue weighted by Crippen LogP contribution is 2.30. The van der Waals surface area contributed by atoms with Crippen LogP contribution in [0.3, 0.4) is 0 Å². The fourth-order valence-corrected chi connectivity index (χ4v) is 2.52. The van der Waals surface area contributed by atoms with E-state index in [1.54, 1.807) is 41.5 Å². The quantitative estimate of drug-likeness (QED) is 0.297. The maximum absolute atomic E-state index is 12.4. The third-order valence-corrected chi connectivity index (χ3v) is 4.13. The Morgan fingerprint density at radius 1 is 0.765 bits per heavy atom. The fourth-order valence-electron chi connectivity index (χ4n) is 2.52. The largest absolute Gasteiger partial charge is 0.514 e. The molecule has 0 fully saturated rings. The summed E-state index contributed by atoms with van der Waals surface area (Å²) in [4.78, 5) is 47.3. The number of hydrogen-bond acceptors (Lipinski definition) is 11. The van der Waals surface area contributed by atoms with Crippen LogP contribution in [-0.2, 0) is 35.0 Å². The predicted octanol–water partition coefficient (Wildman–Crippen LogP) is 3.29. The van der Waals surface area contributed by atoms with E-state index in [0.717, 1.165) is 0 Å². The van der Waals surface area contributed by atoms with Crippen molar-refractivity contribution in [3.8, 4) is 11.5 Å². The van der Waals surface area contributed by atoms with Gasteiger partial charge in [0.05, 0.1) is 12.2 Å². The molecule has 0 saturated heterocycles. The zero-order valence-corrected chi connectivity index (χ0v) is 20.5. The number of carbonyl (C=O) groups is 4. The molecular formula is C23H33NO10. The van der Waals surface area contributed by atoms with E-state index in [1.165, 1.54) is 25.1 Å². The molecule has 11 heteroatoms. The average Bonchev–Trinajstić information content (AvgIpc) is 2.67. The van der Waals surface area contributed by atoms with Crippen LogP contribution in [-0.4, -0.2) is 54.7 Å². The summed E-state index contributed by atoms with van der Waals surface area (Å²) in [6, 6.07) is 3.23. The van der Waals surface area contributed by atoms with Crippen LogP contribution in [0.25, 0.3) is 0 Å². The summed E-state index contributed by atoms with van der Waals surface area (Å²) in [7, 11) is 0. The van der Waals surface area contributed by atoms with Crippen LogP contribution in [0.15, 0.2) is 18.2 Å². The van der Waals surface area contributed by atoms with Crippen molar-refractivity contribution in [3.05, 3.63) is 23.8 Å². The number of hydrogen-bond donors (Lipinski definition) is 1. The molecule has 0 aliphatic rings. The molecular weight excluding hydrogens is 450 g/mol. The normalized spacial score (nSPS) is 13.5. The molecule has 0 spiro atoms. The Morgan fingerprint density at radius 2 is 1.26 bits per heavy atom. The van der Waals surface area contributed by atoms with E-state index in [0.29, 0.717) is 5.56 Å². The van der Waals surface area contributed by atoms with Gasteiger partial charge < -0.3 is 34.2 Å². The van der Waals surface area contributed by atoms with Crippen molar-refractivity contribution in [3.63, 3.8) is 0 Å². The lowest BCUT2D eigenvalue weighted by molar-refractivity contribution is -0.164. The Kier molecular flexibility index (Phi) is 11.3. The fraction of sp³-hybridized carbons (Fsp3) is 0.565. The zero-order valence-electron chi connectivity index (χ0n) is 20.5. The van der Waals surface area contributed by atoms with Gasteiger partial charge in [-0.3, -0.25) is 9.59 Å². The second-order valence-electron chi connectivity index (χ2n) is 8.09. The number of ether oxygens (including phenoxy) is 6. The molecule has 0 aliphatic heterocycles. The van der Waals surface area contributed by atoms with E-state index in [1.807, 2.05) is 0 Å². The third kappa shape index (κ3) is 10.5. The van der Waals surface area contributed by atoms with E-state index in [4.69, 9.17) is 34.2 Å². The van der Waals surface area contributed by atoms with Crippen LogP contribution in [0.1, 0.15) is 54.0 Å². The molecule has 1 rings (SSSR count). The Bertz CT molecular complexity index is 867. The van der Waals surface area contributed by atoms with E-state index in [9.17, 15) is 19.2 Å². The molecule has 0 unspecified atom stereocenters. The summed E-state index contributed by atoms with van der Waals surface area (Å²) in [6.45, 7) is 11.0. The summed E-state index contributed by atoms with van der Waals surface area (Å²) in [5.74, 6) is -1.42. The Morgan fingerprint density at radius 3 is 1.76 bits per heavy atom. The minimum absolute atomic E-state index is 0.0137. The first-order valence-corrected chi connectivity index (χ1v) is 10.8. The van der Waals surface area contributed by atoms with E-state index >= 15 is 0 Å². The van der Waals surface area contributed by atoms with Crippen LogP contribution in [0.5, 0.6) is 11.5 Å². The molecule has 0 heterocycles. The smallest absolute Gasteiger partial charge is 0.459 e. The van der Waals surface area contributed by atoms with Crippen molar-refractivity contribution >= 4 is 24.2 Å². The molecule has 2 N–H and O–H groups in total. The van der Waals surface area contributed by atoms with Gasteiger partial charge in [0, 0.05) is 6.92 Å². The number of esters is 2. The van der Waals surface area contributed by atoms with Crippen LogP contribution in [0.4, 0.5) is 9.59 Å². The van der Waals surface area contributed by atoms with Gasteiger partial charge in [-0.25, -0.2) is 9.59 Å². The lowest BCUT2D eigenvalue weighted by Gasteiger charge is -2.22. The zero-order chi connectivity index (χ0) is 26.0. The highest BCUT2D eigenvalue weighted by atomic mass is 16.7. The number of nitrogens with two attached hydrogens (primary N) is 1. The lowest BCUT2D eigenvalue weighted by atomic mass is 10.1. The van der Waals surface area contributed by atoms with Crippen molar-refractivity contribution in [2.75, 3.05) is 0 Å². The van der Waals surface area contributed by atoms with Gasteiger partial charge in [-0.05, 0) is 65.7 Å². The van der Waals surface area contributed by atoms with Crippen molar-refractivity contribution in [1.29, 1.82) is 0 Å². The van der Waals surface area contributed by atoms with Gasteiger partial charge in [-0.2, -0.15) is 0 Å². The highest BCUT2D eigenvalue weighted by Gasteiger charge is 2.24. The predicted molar refractivity (Wildman–Crippen MR) is 119 cm³/mol. The van der Waals surface area contributed by atoms with Gasteiger partial charge in [0.25, 0.3) is 0 Å². The van der Waals surface area contributed by atoms with E-state index in [2.05, 4.69) is 0 Å². The van der Waals surface area contributed by atoms with Crippen molar-refractivity contribution in [2.24, 2.45) is 5.73 Å². The summed E-state index contributed by atoms with van der Waals surface area (Å²) < 4.78 is 30.5. The molecule has 0 radical (unpaired) electrons. The summed E-state index contributed by atoms with van der Waals surface area (Å²) in [5.41, 5.74) is 6.46. The summed E-state index contributed by atoms with van der Waals surface area (Å²) >= 11 is 0.